The molecule has 20 heavy (non-hydrogen) atoms. The van der Waals surface area contributed by atoms with Crippen LogP contribution < -0.4 is 5.32 Å². The summed E-state index contributed by atoms with van der Waals surface area (Å²) in [7, 11) is 0. The predicted molar refractivity (Wildman–Crippen MR) is 86.0 cm³/mol. The molecular formula is C18H34N2. The molecule has 2 heteroatoms. The maximum Gasteiger partial charge on any atom is 0.00928 e. The van der Waals surface area contributed by atoms with E-state index in [1.54, 1.807) is 0 Å². The Labute approximate surface area is 125 Å². The maximum absolute atomic E-state index is 3.85. The van der Waals surface area contributed by atoms with Crippen molar-refractivity contribution in [3.63, 3.8) is 0 Å². The van der Waals surface area contributed by atoms with Gasteiger partial charge in [0.05, 0.1) is 0 Å². The molecule has 1 aliphatic heterocycles. The second-order valence-electron chi connectivity index (χ2n) is 7.74. The number of likely N-dealkylation sites (tertiary alicyclic amines) is 1. The summed E-state index contributed by atoms with van der Waals surface area (Å²) < 4.78 is 0. The fourth-order valence-corrected chi connectivity index (χ4v) is 4.50. The van der Waals surface area contributed by atoms with Crippen LogP contribution >= 0.6 is 0 Å². The highest BCUT2D eigenvalue weighted by atomic mass is 15.2. The number of hydrogen-bond donors (Lipinski definition) is 1. The summed E-state index contributed by atoms with van der Waals surface area (Å²) in [4.78, 5) is 2.88. The fourth-order valence-electron chi connectivity index (χ4n) is 4.50. The molecule has 2 nitrogen and oxygen atoms in total. The lowest BCUT2D eigenvalue weighted by atomic mass is 9.84. The van der Waals surface area contributed by atoms with E-state index >= 15 is 0 Å². The monoisotopic (exact) mass is 278 g/mol. The van der Waals surface area contributed by atoms with Crippen LogP contribution in [0, 0.1) is 5.41 Å². The summed E-state index contributed by atoms with van der Waals surface area (Å²) in [6.45, 7) is 6.44. The summed E-state index contributed by atoms with van der Waals surface area (Å²) >= 11 is 0. The number of hydrogen-bond acceptors (Lipinski definition) is 2. The average molecular weight is 278 g/mol. The van der Waals surface area contributed by atoms with Gasteiger partial charge in [0.25, 0.3) is 0 Å². The Morgan fingerprint density at radius 3 is 2.50 bits per heavy atom. The second-order valence-corrected chi connectivity index (χ2v) is 7.74. The van der Waals surface area contributed by atoms with Crippen LogP contribution in [0.25, 0.3) is 0 Å². The zero-order chi connectivity index (χ0) is 13.8. The molecule has 1 unspecified atom stereocenters. The van der Waals surface area contributed by atoms with Crippen molar-refractivity contribution in [3.8, 4) is 0 Å². The highest BCUT2D eigenvalue weighted by Crippen LogP contribution is 2.40. The Balaban J connectivity index is 1.60. The summed E-state index contributed by atoms with van der Waals surface area (Å²) in [6, 6.07) is 1.74. The van der Waals surface area contributed by atoms with Gasteiger partial charge in [-0.3, -0.25) is 4.90 Å². The topological polar surface area (TPSA) is 15.3 Å². The van der Waals surface area contributed by atoms with Crippen LogP contribution in [0.2, 0.25) is 0 Å². The Bertz CT molecular complexity index is 292. The Morgan fingerprint density at radius 2 is 1.80 bits per heavy atom. The highest BCUT2D eigenvalue weighted by Gasteiger charge is 2.38. The maximum atomic E-state index is 3.85. The number of rotatable bonds is 6. The smallest absolute Gasteiger partial charge is 0.00928 e. The molecule has 0 amide bonds. The molecule has 1 heterocycles. The molecule has 3 rings (SSSR count). The standard InChI is InChI=1S/C18H34N2/c1-2-17-8-4-3-7-13-20(17)15-18(11-5-6-12-18)14-19-16-9-10-16/h16-17,19H,2-15H2,1H3. The predicted octanol–water partition coefficient (Wildman–Crippen LogP) is 3.95. The molecule has 3 aliphatic rings. The van der Waals surface area contributed by atoms with Crippen molar-refractivity contribution < 1.29 is 0 Å². The first-order chi connectivity index (χ1) is 9.81. The molecule has 0 spiro atoms. The third-order valence-corrected chi connectivity index (χ3v) is 6.02. The van der Waals surface area contributed by atoms with Gasteiger partial charge in [0.1, 0.15) is 0 Å². The Kier molecular flexibility index (Phi) is 5.04. The molecule has 0 aromatic rings. The van der Waals surface area contributed by atoms with Crippen molar-refractivity contribution in [2.45, 2.75) is 89.6 Å². The van der Waals surface area contributed by atoms with E-state index in [1.165, 1.54) is 90.3 Å². The van der Waals surface area contributed by atoms with Gasteiger partial charge in [0.15, 0.2) is 0 Å². The van der Waals surface area contributed by atoms with Crippen molar-refractivity contribution in [3.05, 3.63) is 0 Å². The molecule has 1 N–H and O–H groups in total. The molecule has 1 saturated heterocycles. The summed E-state index contributed by atoms with van der Waals surface area (Å²) in [5.74, 6) is 0. The molecular weight excluding hydrogens is 244 g/mol. The highest BCUT2D eigenvalue weighted by molar-refractivity contribution is 4.94. The van der Waals surface area contributed by atoms with Crippen LogP contribution in [-0.4, -0.2) is 36.6 Å². The molecule has 1 atom stereocenters. The van der Waals surface area contributed by atoms with E-state index in [1.807, 2.05) is 0 Å². The molecule has 2 saturated carbocycles. The Morgan fingerprint density at radius 1 is 1.00 bits per heavy atom. The largest absolute Gasteiger partial charge is 0.313 e. The van der Waals surface area contributed by atoms with Gasteiger partial charge in [-0.05, 0) is 56.9 Å². The van der Waals surface area contributed by atoms with E-state index < -0.39 is 0 Å². The van der Waals surface area contributed by atoms with Crippen molar-refractivity contribution >= 4 is 0 Å². The van der Waals surface area contributed by atoms with Crippen LogP contribution in [0.15, 0.2) is 0 Å². The third kappa shape index (κ3) is 3.76. The first-order valence-electron chi connectivity index (χ1n) is 9.29. The van der Waals surface area contributed by atoms with Crippen LogP contribution in [0.3, 0.4) is 0 Å². The second kappa shape index (κ2) is 6.79. The summed E-state index contributed by atoms with van der Waals surface area (Å²) in [6.07, 6.45) is 15.9. The van der Waals surface area contributed by atoms with Crippen molar-refractivity contribution in [1.82, 2.24) is 10.2 Å². The minimum absolute atomic E-state index is 0.611. The van der Waals surface area contributed by atoms with Crippen LogP contribution in [0.1, 0.15) is 77.6 Å². The summed E-state index contributed by atoms with van der Waals surface area (Å²) in [5.41, 5.74) is 0.611. The van der Waals surface area contributed by atoms with Gasteiger partial charge in [0, 0.05) is 25.2 Å². The molecule has 0 aromatic heterocycles. The van der Waals surface area contributed by atoms with Gasteiger partial charge in [0.2, 0.25) is 0 Å². The van der Waals surface area contributed by atoms with Crippen molar-refractivity contribution in [2.24, 2.45) is 5.41 Å². The van der Waals surface area contributed by atoms with Gasteiger partial charge in [-0.25, -0.2) is 0 Å². The van der Waals surface area contributed by atoms with Gasteiger partial charge >= 0.3 is 0 Å². The molecule has 0 radical (unpaired) electrons. The third-order valence-electron chi connectivity index (χ3n) is 6.02. The van der Waals surface area contributed by atoms with Gasteiger partial charge in [-0.15, -0.1) is 0 Å². The molecule has 116 valence electrons. The van der Waals surface area contributed by atoms with E-state index in [9.17, 15) is 0 Å². The van der Waals surface area contributed by atoms with E-state index in [-0.39, 0.29) is 0 Å². The van der Waals surface area contributed by atoms with Crippen LogP contribution in [-0.2, 0) is 0 Å². The summed E-state index contributed by atoms with van der Waals surface area (Å²) in [5, 5.41) is 3.85. The van der Waals surface area contributed by atoms with Gasteiger partial charge < -0.3 is 5.32 Å². The number of nitrogens with one attached hydrogen (secondary N) is 1. The lowest BCUT2D eigenvalue weighted by Crippen LogP contribution is -2.46. The molecule has 2 aliphatic carbocycles. The SMILES string of the molecule is CCC1CCCCCN1CC1(CNC2CC2)CCCC1. The van der Waals surface area contributed by atoms with Crippen molar-refractivity contribution in [2.75, 3.05) is 19.6 Å². The average Bonchev–Trinajstić information content (AvgIpc) is 3.22. The zero-order valence-corrected chi connectivity index (χ0v) is 13.5. The molecule has 3 fully saturated rings. The minimum Gasteiger partial charge on any atom is -0.313 e. The van der Waals surface area contributed by atoms with Crippen LogP contribution in [0.4, 0.5) is 0 Å². The van der Waals surface area contributed by atoms with Crippen molar-refractivity contribution in [1.29, 1.82) is 0 Å². The normalized spacial score (nSPS) is 31.4. The lowest BCUT2D eigenvalue weighted by Gasteiger charge is -2.39. The lowest BCUT2D eigenvalue weighted by molar-refractivity contribution is 0.107. The van der Waals surface area contributed by atoms with E-state index in [0.29, 0.717) is 5.41 Å². The van der Waals surface area contributed by atoms with Gasteiger partial charge in [-0.1, -0.05) is 32.6 Å². The molecule has 0 bridgehead atoms. The quantitative estimate of drug-likeness (QED) is 0.791. The van der Waals surface area contributed by atoms with E-state index in [2.05, 4.69) is 17.1 Å². The van der Waals surface area contributed by atoms with Crippen LogP contribution in [0.5, 0.6) is 0 Å². The minimum atomic E-state index is 0.611. The first-order valence-corrected chi connectivity index (χ1v) is 9.29. The Hall–Kier alpha value is -0.0800. The number of nitrogens with zero attached hydrogens (tertiary/aromatic N) is 1. The molecule has 0 aromatic carbocycles. The fraction of sp³-hybridized carbons (Fsp3) is 1.00. The zero-order valence-electron chi connectivity index (χ0n) is 13.5. The van der Waals surface area contributed by atoms with Gasteiger partial charge in [-0.2, -0.15) is 0 Å². The van der Waals surface area contributed by atoms with E-state index in [0.717, 1.165) is 12.1 Å². The first kappa shape index (κ1) is 14.8. The van der Waals surface area contributed by atoms with E-state index in [4.69, 9.17) is 0 Å².